The summed E-state index contributed by atoms with van der Waals surface area (Å²) in [5.74, 6) is 1.28. The highest BCUT2D eigenvalue weighted by atomic mass is 32.2. The van der Waals surface area contributed by atoms with Crippen LogP contribution < -0.4 is 11.1 Å². The second-order valence-corrected chi connectivity index (χ2v) is 6.82. The summed E-state index contributed by atoms with van der Waals surface area (Å²) in [5.41, 5.74) is 9.20. The van der Waals surface area contributed by atoms with E-state index in [0.29, 0.717) is 0 Å². The molecule has 1 heterocycles. The van der Waals surface area contributed by atoms with Crippen molar-refractivity contribution < 1.29 is 0 Å². The molecular formula is C15H22N2S. The molecule has 1 fully saturated rings. The van der Waals surface area contributed by atoms with Crippen molar-refractivity contribution >= 4 is 11.8 Å². The molecule has 0 amide bonds. The van der Waals surface area contributed by atoms with Crippen molar-refractivity contribution in [3.05, 3.63) is 29.3 Å². The van der Waals surface area contributed by atoms with Gasteiger partial charge in [0.2, 0.25) is 0 Å². The molecule has 0 radical (unpaired) electrons. The van der Waals surface area contributed by atoms with Crippen LogP contribution in [0.5, 0.6) is 0 Å². The molecule has 3 rings (SSSR count). The van der Waals surface area contributed by atoms with Crippen LogP contribution in [-0.4, -0.2) is 24.4 Å². The maximum Gasteiger partial charge on any atom is 0.0282 e. The van der Waals surface area contributed by atoms with Gasteiger partial charge in [-0.2, -0.15) is 0 Å². The standard InChI is InChI=1S/C15H22N2S/c16-15(6-7-15)11-17-8-5-12-3-4-14-13(10-12)2-1-9-18-14/h3-4,10,17H,1-2,5-9,11,16H2. The van der Waals surface area contributed by atoms with E-state index in [1.54, 1.807) is 5.56 Å². The molecule has 0 atom stereocenters. The van der Waals surface area contributed by atoms with Crippen molar-refractivity contribution in [3.8, 4) is 0 Å². The molecule has 0 aromatic heterocycles. The van der Waals surface area contributed by atoms with E-state index in [9.17, 15) is 0 Å². The molecule has 1 aliphatic heterocycles. The summed E-state index contributed by atoms with van der Waals surface area (Å²) in [4.78, 5) is 1.50. The third-order valence-electron chi connectivity index (χ3n) is 3.93. The fraction of sp³-hybridized carbons (Fsp3) is 0.600. The number of fused-ring (bicyclic) bond motifs is 1. The maximum absolute atomic E-state index is 6.05. The van der Waals surface area contributed by atoms with Crippen molar-refractivity contribution in [1.29, 1.82) is 0 Å². The van der Waals surface area contributed by atoms with Crippen LogP contribution in [0.25, 0.3) is 0 Å². The Hall–Kier alpha value is -0.510. The maximum atomic E-state index is 6.05. The number of nitrogens with two attached hydrogens (primary N) is 1. The van der Waals surface area contributed by atoms with E-state index in [0.717, 1.165) is 19.5 Å². The van der Waals surface area contributed by atoms with E-state index in [-0.39, 0.29) is 5.54 Å². The molecule has 1 aromatic carbocycles. The van der Waals surface area contributed by atoms with Crippen LogP contribution in [0.4, 0.5) is 0 Å². The zero-order valence-corrected chi connectivity index (χ0v) is 11.7. The van der Waals surface area contributed by atoms with Gasteiger partial charge in [0.25, 0.3) is 0 Å². The van der Waals surface area contributed by atoms with Crippen LogP contribution in [0.15, 0.2) is 23.1 Å². The van der Waals surface area contributed by atoms with Gasteiger partial charge in [-0.15, -0.1) is 11.8 Å². The molecule has 18 heavy (non-hydrogen) atoms. The van der Waals surface area contributed by atoms with Gasteiger partial charge in [-0.25, -0.2) is 0 Å². The molecule has 0 bridgehead atoms. The minimum absolute atomic E-state index is 0.131. The number of hydrogen-bond acceptors (Lipinski definition) is 3. The second-order valence-electron chi connectivity index (χ2n) is 5.68. The van der Waals surface area contributed by atoms with Crippen molar-refractivity contribution in [1.82, 2.24) is 5.32 Å². The van der Waals surface area contributed by atoms with Gasteiger partial charge >= 0.3 is 0 Å². The number of thioether (sulfide) groups is 1. The van der Waals surface area contributed by atoms with Crippen molar-refractivity contribution in [2.45, 2.75) is 42.5 Å². The highest BCUT2D eigenvalue weighted by molar-refractivity contribution is 7.99. The lowest BCUT2D eigenvalue weighted by molar-refractivity contribution is 0.570. The summed E-state index contributed by atoms with van der Waals surface area (Å²) in [7, 11) is 0. The van der Waals surface area contributed by atoms with E-state index >= 15 is 0 Å². The molecule has 0 unspecified atom stereocenters. The summed E-state index contributed by atoms with van der Waals surface area (Å²) in [6, 6.07) is 6.99. The molecule has 2 nitrogen and oxygen atoms in total. The summed E-state index contributed by atoms with van der Waals surface area (Å²) in [5, 5.41) is 3.49. The fourth-order valence-electron chi connectivity index (χ4n) is 2.48. The van der Waals surface area contributed by atoms with E-state index in [1.165, 1.54) is 41.9 Å². The number of rotatable bonds is 5. The number of hydrogen-bond donors (Lipinski definition) is 2. The van der Waals surface area contributed by atoms with Crippen LogP contribution in [0.1, 0.15) is 30.4 Å². The first kappa shape index (κ1) is 12.5. The molecule has 1 aromatic rings. The summed E-state index contributed by atoms with van der Waals surface area (Å²) >= 11 is 2.01. The third kappa shape index (κ3) is 3.08. The quantitative estimate of drug-likeness (QED) is 0.800. The van der Waals surface area contributed by atoms with Gasteiger partial charge in [-0.1, -0.05) is 12.1 Å². The first-order valence-electron chi connectivity index (χ1n) is 6.99. The Bertz CT molecular complexity index is 427. The first-order valence-corrected chi connectivity index (χ1v) is 7.98. The monoisotopic (exact) mass is 262 g/mol. The minimum atomic E-state index is 0.131. The van der Waals surface area contributed by atoms with E-state index in [1.807, 2.05) is 11.8 Å². The molecule has 0 spiro atoms. The molecule has 1 saturated carbocycles. The average Bonchev–Trinajstić information content (AvgIpc) is 3.13. The predicted molar refractivity (Wildman–Crippen MR) is 78.2 cm³/mol. The lowest BCUT2D eigenvalue weighted by Crippen LogP contribution is -2.36. The van der Waals surface area contributed by atoms with Gasteiger partial charge in [0.05, 0.1) is 0 Å². The summed E-state index contributed by atoms with van der Waals surface area (Å²) in [6.07, 6.45) is 6.09. The number of aryl methyl sites for hydroxylation is 1. The number of benzene rings is 1. The average molecular weight is 262 g/mol. The third-order valence-corrected chi connectivity index (χ3v) is 5.13. The predicted octanol–water partition coefficient (Wildman–Crippen LogP) is 2.35. The van der Waals surface area contributed by atoms with Gasteiger partial charge < -0.3 is 11.1 Å². The first-order chi connectivity index (χ1) is 8.75. The van der Waals surface area contributed by atoms with Crippen molar-refractivity contribution in [2.24, 2.45) is 5.73 Å². The van der Waals surface area contributed by atoms with Gasteiger partial charge in [0.1, 0.15) is 0 Å². The lowest BCUT2D eigenvalue weighted by atomic mass is 10.0. The van der Waals surface area contributed by atoms with Crippen LogP contribution in [0, 0.1) is 0 Å². The SMILES string of the molecule is NC1(CNCCc2ccc3c(c2)CCCS3)CC1. The Morgan fingerprint density at radius 1 is 1.33 bits per heavy atom. The minimum Gasteiger partial charge on any atom is -0.324 e. The van der Waals surface area contributed by atoms with Crippen LogP contribution >= 0.6 is 11.8 Å². The lowest BCUT2D eigenvalue weighted by Gasteiger charge is -2.16. The van der Waals surface area contributed by atoms with Gasteiger partial charge in [-0.05, 0) is 61.6 Å². The molecule has 3 heteroatoms. The normalized spacial score (nSPS) is 20.5. The number of nitrogens with one attached hydrogen (secondary N) is 1. The molecule has 98 valence electrons. The van der Waals surface area contributed by atoms with E-state index in [4.69, 9.17) is 5.73 Å². The van der Waals surface area contributed by atoms with E-state index < -0.39 is 0 Å². The summed E-state index contributed by atoms with van der Waals surface area (Å²) in [6.45, 7) is 2.03. The fourth-order valence-corrected chi connectivity index (χ4v) is 3.50. The summed E-state index contributed by atoms with van der Waals surface area (Å²) < 4.78 is 0. The largest absolute Gasteiger partial charge is 0.324 e. The highest BCUT2D eigenvalue weighted by Crippen LogP contribution is 2.31. The van der Waals surface area contributed by atoms with Crippen LogP contribution in [0.2, 0.25) is 0 Å². The van der Waals surface area contributed by atoms with Crippen LogP contribution in [-0.2, 0) is 12.8 Å². The molecule has 2 aliphatic rings. The van der Waals surface area contributed by atoms with Gasteiger partial charge in [0.15, 0.2) is 0 Å². The van der Waals surface area contributed by atoms with Crippen molar-refractivity contribution in [2.75, 3.05) is 18.8 Å². The Kier molecular flexibility index (Phi) is 3.64. The molecule has 0 saturated heterocycles. The van der Waals surface area contributed by atoms with Gasteiger partial charge in [0, 0.05) is 17.0 Å². The zero-order chi connectivity index (χ0) is 12.4. The van der Waals surface area contributed by atoms with Crippen molar-refractivity contribution in [3.63, 3.8) is 0 Å². The second kappa shape index (κ2) is 5.24. The Morgan fingerprint density at radius 3 is 3.06 bits per heavy atom. The van der Waals surface area contributed by atoms with Crippen LogP contribution in [0.3, 0.4) is 0 Å². The Labute approximate surface area is 114 Å². The Morgan fingerprint density at radius 2 is 2.22 bits per heavy atom. The zero-order valence-electron chi connectivity index (χ0n) is 10.9. The van der Waals surface area contributed by atoms with Gasteiger partial charge in [-0.3, -0.25) is 0 Å². The topological polar surface area (TPSA) is 38.0 Å². The smallest absolute Gasteiger partial charge is 0.0282 e. The highest BCUT2D eigenvalue weighted by Gasteiger charge is 2.37. The Balaban J connectivity index is 1.50. The molecule has 1 aliphatic carbocycles. The molecule has 3 N–H and O–H groups in total. The van der Waals surface area contributed by atoms with E-state index in [2.05, 4.69) is 23.5 Å². The molecular weight excluding hydrogens is 240 g/mol.